The summed E-state index contributed by atoms with van der Waals surface area (Å²) in [5.74, 6) is 1.94. The van der Waals surface area contributed by atoms with Gasteiger partial charge in [-0.15, -0.1) is 12.4 Å². The van der Waals surface area contributed by atoms with E-state index in [9.17, 15) is 4.79 Å². The molecule has 2 atom stereocenters. The summed E-state index contributed by atoms with van der Waals surface area (Å²) in [6.45, 7) is 6.09. The lowest BCUT2D eigenvalue weighted by molar-refractivity contribution is -0.117. The summed E-state index contributed by atoms with van der Waals surface area (Å²) in [5, 5.41) is 3.99. The van der Waals surface area contributed by atoms with Crippen LogP contribution in [0.3, 0.4) is 0 Å². The van der Waals surface area contributed by atoms with Crippen LogP contribution < -0.4 is 11.1 Å². The molecule has 2 aromatic heterocycles. The predicted molar refractivity (Wildman–Crippen MR) is 127 cm³/mol. The van der Waals surface area contributed by atoms with Gasteiger partial charge in [0.1, 0.15) is 17.2 Å². The second kappa shape index (κ2) is 9.81. The number of furan rings is 1. The van der Waals surface area contributed by atoms with E-state index in [0.717, 1.165) is 42.8 Å². The van der Waals surface area contributed by atoms with Crippen LogP contribution in [0.5, 0.6) is 0 Å². The fraction of sp³-hybridized carbons (Fsp3) is 0.417. The van der Waals surface area contributed by atoms with E-state index in [0.29, 0.717) is 18.2 Å². The van der Waals surface area contributed by atoms with Gasteiger partial charge in [0.15, 0.2) is 0 Å². The number of hydrogen-bond donors (Lipinski definition) is 2. The first-order chi connectivity index (χ1) is 14.5. The Kier molecular flexibility index (Phi) is 7.36. The van der Waals surface area contributed by atoms with Crippen molar-refractivity contribution in [2.45, 2.75) is 51.6 Å². The lowest BCUT2D eigenvalue weighted by atomic mass is 9.91. The van der Waals surface area contributed by atoms with Crippen LogP contribution in [0.1, 0.15) is 48.1 Å². The Morgan fingerprint density at radius 2 is 2.13 bits per heavy atom. The van der Waals surface area contributed by atoms with Gasteiger partial charge in [-0.05, 0) is 62.0 Å². The third-order valence-electron chi connectivity index (χ3n) is 6.19. The molecule has 0 aliphatic carbocycles. The van der Waals surface area contributed by atoms with Crippen LogP contribution in [-0.4, -0.2) is 35.4 Å². The molecule has 3 N–H and O–H groups in total. The molecule has 166 valence electrons. The smallest absolute Gasteiger partial charge is 0.242 e. The van der Waals surface area contributed by atoms with E-state index in [1.165, 1.54) is 16.5 Å². The zero-order valence-electron chi connectivity index (χ0n) is 18.4. The largest absolute Gasteiger partial charge is 0.459 e. The number of nitrogens with two attached hydrogens (primary N) is 1. The Bertz CT molecular complexity index is 1060. The number of fused-ring (bicyclic) bond motifs is 2. The van der Waals surface area contributed by atoms with Gasteiger partial charge >= 0.3 is 0 Å². The monoisotopic (exact) mass is 442 g/mol. The number of nitrogens with zero attached hydrogens (tertiary/aromatic N) is 2. The summed E-state index contributed by atoms with van der Waals surface area (Å²) >= 11 is 0. The minimum absolute atomic E-state index is 0. The molecule has 1 amide bonds. The number of nitrogens with one attached hydrogen (secondary N) is 1. The number of amides is 1. The highest BCUT2D eigenvalue weighted by Crippen LogP contribution is 2.29. The maximum atomic E-state index is 11.8. The van der Waals surface area contributed by atoms with E-state index in [2.05, 4.69) is 54.3 Å². The number of hydrogen-bond acceptors (Lipinski definition) is 5. The number of aryl methyl sites for hydroxylation is 1. The molecule has 3 aromatic rings. The number of halogens is 1. The fourth-order valence-corrected chi connectivity index (χ4v) is 4.24. The molecule has 0 radical (unpaired) electrons. The van der Waals surface area contributed by atoms with Gasteiger partial charge in [0.05, 0.1) is 12.6 Å². The Balaban J connectivity index is 0.00000272. The highest BCUT2D eigenvalue weighted by molar-refractivity contribution is 5.96. The number of carbonyl (C=O) groups excluding carboxylic acids is 1. The van der Waals surface area contributed by atoms with Gasteiger partial charge in [0, 0.05) is 18.0 Å². The zero-order valence-corrected chi connectivity index (χ0v) is 19.2. The number of aromatic nitrogens is 1. The normalized spacial score (nSPS) is 16.7. The Morgan fingerprint density at radius 3 is 2.87 bits per heavy atom. The molecule has 1 aromatic carbocycles. The van der Waals surface area contributed by atoms with Crippen LogP contribution in [0.15, 0.2) is 40.9 Å². The van der Waals surface area contributed by atoms with Crippen molar-refractivity contribution >= 4 is 35.1 Å². The highest BCUT2D eigenvalue weighted by Gasteiger charge is 2.25. The van der Waals surface area contributed by atoms with Crippen molar-refractivity contribution in [2.24, 2.45) is 5.73 Å². The molecule has 7 heteroatoms. The number of rotatable bonds is 7. The highest BCUT2D eigenvalue weighted by atomic mass is 35.5. The number of benzene rings is 1. The van der Waals surface area contributed by atoms with Crippen molar-refractivity contribution in [3.63, 3.8) is 0 Å². The zero-order chi connectivity index (χ0) is 21.3. The van der Waals surface area contributed by atoms with Crippen LogP contribution in [0.25, 0.3) is 11.0 Å². The topological polar surface area (TPSA) is 84.4 Å². The minimum Gasteiger partial charge on any atom is -0.459 e. The van der Waals surface area contributed by atoms with Crippen LogP contribution >= 0.6 is 12.4 Å². The molecule has 6 nitrogen and oxygen atoms in total. The predicted octanol–water partition coefficient (Wildman–Crippen LogP) is 4.40. The molecule has 4 rings (SSSR count). The standard InChI is InChI=1S/C24H30N4O2.ClH/c1-4-16(18-11-17-12-20(25)24(29)27-23(17)26-13-18)9-10-28(3)14-22-15(2)19-7-5-6-8-21(19)30-22;/h5-8,11,13,16,20H,4,9-10,12,14,25H2,1-3H3,(H,26,27,29);1H. The molecule has 2 unspecified atom stereocenters. The second-order valence-electron chi connectivity index (χ2n) is 8.35. The lowest BCUT2D eigenvalue weighted by Gasteiger charge is -2.24. The minimum atomic E-state index is -0.493. The maximum absolute atomic E-state index is 11.8. The second-order valence-corrected chi connectivity index (χ2v) is 8.35. The summed E-state index contributed by atoms with van der Waals surface area (Å²) in [5.41, 5.74) is 10.3. The Morgan fingerprint density at radius 1 is 1.35 bits per heavy atom. The third kappa shape index (κ3) is 4.92. The summed E-state index contributed by atoms with van der Waals surface area (Å²) in [6.07, 6.45) is 4.51. The SMILES string of the molecule is CCC(CCN(C)Cc1oc2ccccc2c1C)c1cnc2c(c1)CC(N)C(=O)N2.Cl. The quantitative estimate of drug-likeness (QED) is 0.566. The van der Waals surface area contributed by atoms with Crippen molar-refractivity contribution in [2.75, 3.05) is 18.9 Å². The average Bonchev–Trinajstić information content (AvgIpc) is 3.05. The van der Waals surface area contributed by atoms with Gasteiger partial charge in [0.2, 0.25) is 5.91 Å². The number of carbonyl (C=O) groups is 1. The van der Waals surface area contributed by atoms with E-state index in [1.54, 1.807) is 0 Å². The average molecular weight is 443 g/mol. The van der Waals surface area contributed by atoms with E-state index in [1.807, 2.05) is 18.3 Å². The van der Waals surface area contributed by atoms with Crippen LogP contribution in [-0.2, 0) is 17.8 Å². The van der Waals surface area contributed by atoms with Crippen LogP contribution in [0.2, 0.25) is 0 Å². The van der Waals surface area contributed by atoms with Gasteiger partial charge in [-0.2, -0.15) is 0 Å². The third-order valence-corrected chi connectivity index (χ3v) is 6.19. The molecule has 3 heterocycles. The molecule has 31 heavy (non-hydrogen) atoms. The number of para-hydroxylation sites is 1. The number of anilines is 1. The molecule has 0 fully saturated rings. The Hall–Kier alpha value is -2.41. The maximum Gasteiger partial charge on any atom is 0.242 e. The molecule has 1 aliphatic rings. The van der Waals surface area contributed by atoms with Crippen molar-refractivity contribution in [1.82, 2.24) is 9.88 Å². The first-order valence-corrected chi connectivity index (χ1v) is 10.7. The van der Waals surface area contributed by atoms with Gasteiger partial charge in [0.25, 0.3) is 0 Å². The van der Waals surface area contributed by atoms with Crippen molar-refractivity contribution < 1.29 is 9.21 Å². The number of pyridine rings is 1. The van der Waals surface area contributed by atoms with Gasteiger partial charge in [-0.25, -0.2) is 4.98 Å². The molecular formula is C24H31ClN4O2. The molecule has 0 saturated carbocycles. The molecule has 1 aliphatic heterocycles. The summed E-state index contributed by atoms with van der Waals surface area (Å²) in [7, 11) is 2.14. The summed E-state index contributed by atoms with van der Waals surface area (Å²) < 4.78 is 6.07. The summed E-state index contributed by atoms with van der Waals surface area (Å²) in [6, 6.07) is 9.87. The van der Waals surface area contributed by atoms with Crippen LogP contribution in [0, 0.1) is 6.92 Å². The lowest BCUT2D eigenvalue weighted by Crippen LogP contribution is -2.41. The molecular weight excluding hydrogens is 412 g/mol. The van der Waals surface area contributed by atoms with Gasteiger partial charge in [-0.1, -0.05) is 31.2 Å². The first kappa shape index (κ1) is 23.3. The Labute approximate surface area is 189 Å². The first-order valence-electron chi connectivity index (χ1n) is 10.7. The van der Waals surface area contributed by atoms with E-state index < -0.39 is 6.04 Å². The van der Waals surface area contributed by atoms with Gasteiger partial charge in [-0.3, -0.25) is 9.69 Å². The van der Waals surface area contributed by atoms with Gasteiger partial charge < -0.3 is 15.5 Å². The summed E-state index contributed by atoms with van der Waals surface area (Å²) in [4.78, 5) is 18.6. The van der Waals surface area contributed by atoms with Crippen molar-refractivity contribution in [3.05, 3.63) is 59.0 Å². The van der Waals surface area contributed by atoms with Crippen molar-refractivity contribution in [1.29, 1.82) is 0 Å². The van der Waals surface area contributed by atoms with E-state index in [-0.39, 0.29) is 18.3 Å². The van der Waals surface area contributed by atoms with Crippen LogP contribution in [0.4, 0.5) is 5.82 Å². The fourth-order valence-electron chi connectivity index (χ4n) is 4.24. The molecule has 0 spiro atoms. The van der Waals surface area contributed by atoms with E-state index >= 15 is 0 Å². The molecule has 0 bridgehead atoms. The van der Waals surface area contributed by atoms with E-state index in [4.69, 9.17) is 10.2 Å². The molecule has 0 saturated heterocycles. The van der Waals surface area contributed by atoms with Crippen molar-refractivity contribution in [3.8, 4) is 0 Å².